The number of benzene rings is 3. The monoisotopic (exact) mass is 1440 g/mol. The minimum atomic E-state index is -1.82. The number of aliphatic hydroxyl groups is 2. The predicted octanol–water partition coefficient (Wildman–Crippen LogP) is -4.05. The van der Waals surface area contributed by atoms with Gasteiger partial charge in [-0.1, -0.05) is 56.3 Å². The molecule has 1 aliphatic rings. The van der Waals surface area contributed by atoms with Crippen LogP contribution in [-0.4, -0.2) is 228 Å². The number of aliphatic carboxylic acids is 2. The average Bonchev–Trinajstić information content (AvgIpc) is 1.59. The molecule has 2 heterocycles. The van der Waals surface area contributed by atoms with Crippen molar-refractivity contribution in [1.29, 1.82) is 0 Å². The molecule has 0 spiro atoms. The highest BCUT2D eigenvalue weighted by Crippen LogP contribution is 2.22. The molecular formula is C66H92N16O19S. The fraction of sp³-hybridized carbons (Fsp3) is 0.485. The van der Waals surface area contributed by atoms with E-state index in [0.717, 1.165) is 21.4 Å². The van der Waals surface area contributed by atoms with Crippen molar-refractivity contribution in [1.82, 2.24) is 57.7 Å². The van der Waals surface area contributed by atoms with Gasteiger partial charge in [-0.15, -0.1) is 0 Å². The number of hydrogen-bond acceptors (Lipinski definition) is 20. The van der Waals surface area contributed by atoms with E-state index in [-0.39, 0.29) is 100 Å². The van der Waals surface area contributed by atoms with Gasteiger partial charge >= 0.3 is 11.9 Å². The number of aliphatic hydroxyl groups excluding tert-OH is 2. The van der Waals surface area contributed by atoms with Gasteiger partial charge in [0.25, 0.3) is 0 Å². The Bertz CT molecular complexity index is 3610. The zero-order valence-corrected chi connectivity index (χ0v) is 57.4. The van der Waals surface area contributed by atoms with Crippen molar-refractivity contribution in [2.75, 3.05) is 38.3 Å². The lowest BCUT2D eigenvalue weighted by Gasteiger charge is -2.30. The fourth-order valence-electron chi connectivity index (χ4n) is 11.0. The molecule has 1 saturated heterocycles. The Morgan fingerprint density at radius 3 is 1.59 bits per heavy atom. The number of aromatic amines is 1. The molecule has 102 heavy (non-hydrogen) atoms. The van der Waals surface area contributed by atoms with Gasteiger partial charge in [0.15, 0.2) is 5.96 Å². The van der Waals surface area contributed by atoms with Crippen LogP contribution in [0.4, 0.5) is 0 Å². The summed E-state index contributed by atoms with van der Waals surface area (Å²) in [6.07, 6.45) is 0.527. The molecule has 5 rings (SSSR count). The predicted molar refractivity (Wildman–Crippen MR) is 371 cm³/mol. The van der Waals surface area contributed by atoms with Crippen LogP contribution in [0.2, 0.25) is 0 Å². The number of aromatic hydroxyl groups is 2. The summed E-state index contributed by atoms with van der Waals surface area (Å²) in [6.45, 7) is 1.11. The first-order valence-corrected chi connectivity index (χ1v) is 34.2. The minimum Gasteiger partial charge on any atom is -0.508 e. The SMILES string of the molecule is CSCC[C@H](NC(=O)[C@H](CO)NC(=O)[C@@H]1CCCN1C(=O)[C@H](CO)NC(=O)[C@H](CCCN=C(N)N)NC(=O)[C@H](Cc1ccc(O)cc1)NC(=O)[C@@H](N)Cc1c[nH]c2ccccc12)C(=O)N[C@@H](Cc1ccc(O)cc1)C(=O)N[C@@H](CCC(=O)O)C(=O)N[C@@H](CC(N)=O)C(=O)N[C@@H](CC(C)C)C(=O)O. The number of nitrogens with one attached hydrogen (secondary N) is 10. The van der Waals surface area contributed by atoms with Crippen LogP contribution < -0.4 is 70.8 Å². The topological polar surface area (TPSA) is 587 Å². The molecule has 1 aromatic heterocycles. The Morgan fingerprint density at radius 2 is 1.07 bits per heavy atom. The van der Waals surface area contributed by atoms with Crippen molar-refractivity contribution in [2.45, 2.75) is 157 Å². The molecule has 0 unspecified atom stereocenters. The van der Waals surface area contributed by atoms with Gasteiger partial charge < -0.3 is 111 Å². The lowest BCUT2D eigenvalue weighted by Crippen LogP contribution is -2.61. The van der Waals surface area contributed by atoms with Crippen LogP contribution in [0, 0.1) is 5.92 Å². The third-order valence-electron chi connectivity index (χ3n) is 16.4. The Morgan fingerprint density at radius 1 is 0.588 bits per heavy atom. The van der Waals surface area contributed by atoms with Crippen molar-refractivity contribution in [3.05, 3.63) is 95.7 Å². The van der Waals surface area contributed by atoms with Gasteiger partial charge in [0.2, 0.25) is 65.0 Å². The summed E-state index contributed by atoms with van der Waals surface area (Å²) < 4.78 is 0. The van der Waals surface area contributed by atoms with Gasteiger partial charge in [0.1, 0.15) is 71.9 Å². The Kier molecular flexibility index (Phi) is 32.7. The second kappa shape index (κ2) is 40.6. The molecule has 11 amide bonds. The second-order valence-electron chi connectivity index (χ2n) is 24.8. The highest BCUT2D eigenvalue weighted by Gasteiger charge is 2.41. The van der Waals surface area contributed by atoms with E-state index in [0.29, 0.717) is 11.1 Å². The third kappa shape index (κ3) is 26.2. The van der Waals surface area contributed by atoms with Gasteiger partial charge in [0.05, 0.1) is 25.7 Å². The number of thioether (sulfide) groups is 1. The van der Waals surface area contributed by atoms with Gasteiger partial charge in [-0.05, 0) is 116 Å². The Hall–Kier alpha value is -10.6. The molecule has 556 valence electrons. The molecule has 11 atom stereocenters. The van der Waals surface area contributed by atoms with Crippen LogP contribution in [-0.2, 0) is 81.6 Å². The lowest BCUT2D eigenvalue weighted by molar-refractivity contribution is -0.143. The molecule has 4 aromatic rings. The maximum absolute atomic E-state index is 14.4. The first-order valence-electron chi connectivity index (χ1n) is 32.8. The number of primary amides is 1. The maximum Gasteiger partial charge on any atom is 0.326 e. The number of rotatable bonds is 42. The van der Waals surface area contributed by atoms with Crippen molar-refractivity contribution < 1.29 is 93.0 Å². The molecule has 35 nitrogen and oxygen atoms in total. The number of carbonyl (C=O) groups is 13. The molecular weight excluding hydrogens is 1350 g/mol. The fourth-order valence-corrected chi connectivity index (χ4v) is 11.5. The van der Waals surface area contributed by atoms with Crippen LogP contribution in [0.15, 0.2) is 84.0 Å². The van der Waals surface area contributed by atoms with Crippen molar-refractivity contribution in [3.63, 3.8) is 0 Å². The minimum absolute atomic E-state index is 0.0243. The molecule has 0 saturated carbocycles. The zero-order chi connectivity index (χ0) is 75.3. The summed E-state index contributed by atoms with van der Waals surface area (Å²) in [4.78, 5) is 185. The quantitative estimate of drug-likeness (QED) is 0.0114. The molecule has 0 radical (unpaired) electrons. The molecule has 1 fully saturated rings. The lowest BCUT2D eigenvalue weighted by atomic mass is 10.0. The standard InChI is InChI=1S/C66H92N16O19S/c1-34(2)26-49(65(100)101)79-61(96)48(30-53(68)87)78-57(92)44(20-21-54(88)89)74-60(95)47(28-36-14-18-39(86)19-15-36)77-58(93)45(22-25-102-3)75-62(97)50(32-83)80-63(98)52-11-7-24-82(52)64(99)51(33-84)81-56(91)43(10-6-23-71-66(69)70)73-59(94)46(27-35-12-16-38(85)17-13-35)76-55(90)41(67)29-37-31-72-42-9-5-4-8-40(37)42/h4-5,8-9,12-19,31,34,41,43-52,72,83-86H,6-7,10-11,20-30,32-33,67H2,1-3H3,(H2,68,87)(H,73,94)(H,74,95)(H,75,97)(H,76,90)(H,77,93)(H,78,92)(H,79,96)(H,80,98)(H,81,91)(H,88,89)(H,100,101)(H4,69,70,71)/t41-,43-,44-,45-,46-,47-,48-,49-,50-,51-,52-/m0/s1. The number of H-pyrrole nitrogens is 1. The highest BCUT2D eigenvalue weighted by molar-refractivity contribution is 7.98. The first kappa shape index (κ1) is 82.1. The first-order chi connectivity index (χ1) is 48.4. The number of para-hydroxylation sites is 1. The van der Waals surface area contributed by atoms with Crippen LogP contribution >= 0.6 is 11.8 Å². The summed E-state index contributed by atoms with van der Waals surface area (Å²) >= 11 is 1.24. The van der Waals surface area contributed by atoms with E-state index in [9.17, 15) is 93.0 Å². The number of aliphatic imine (C=N–C) groups is 1. The van der Waals surface area contributed by atoms with E-state index in [1.54, 1.807) is 26.3 Å². The van der Waals surface area contributed by atoms with Crippen LogP contribution in [0.1, 0.15) is 88.3 Å². The molecule has 3 aromatic carbocycles. The van der Waals surface area contributed by atoms with E-state index in [2.05, 4.69) is 57.8 Å². The number of aromatic nitrogens is 1. The summed E-state index contributed by atoms with van der Waals surface area (Å²) in [5.41, 5.74) is 25.2. The number of fused-ring (bicyclic) bond motifs is 1. The molecule has 0 aliphatic carbocycles. The van der Waals surface area contributed by atoms with Crippen LogP contribution in [0.3, 0.4) is 0 Å². The average molecular weight is 1450 g/mol. The normalized spacial score (nSPS) is 15.6. The number of nitrogens with two attached hydrogens (primary N) is 4. The van der Waals surface area contributed by atoms with E-state index >= 15 is 0 Å². The number of carboxylic acid groups (broad SMARTS) is 2. The number of phenols is 2. The molecule has 24 N–H and O–H groups in total. The van der Waals surface area contributed by atoms with E-state index in [1.165, 1.54) is 60.3 Å². The number of guanidine groups is 1. The van der Waals surface area contributed by atoms with Gasteiger partial charge in [-0.2, -0.15) is 11.8 Å². The van der Waals surface area contributed by atoms with E-state index in [4.69, 9.17) is 22.9 Å². The summed E-state index contributed by atoms with van der Waals surface area (Å²) in [5, 5.41) is 83.5. The summed E-state index contributed by atoms with van der Waals surface area (Å²) in [6, 6.07) is 1.14. The van der Waals surface area contributed by atoms with Gasteiger partial charge in [-0.3, -0.25) is 62.5 Å². The Balaban J connectivity index is 1.32. The van der Waals surface area contributed by atoms with Crippen molar-refractivity contribution in [2.24, 2.45) is 33.8 Å². The van der Waals surface area contributed by atoms with Crippen molar-refractivity contribution >= 4 is 106 Å². The smallest absolute Gasteiger partial charge is 0.326 e. The van der Waals surface area contributed by atoms with Gasteiger partial charge in [0, 0.05) is 49.5 Å². The van der Waals surface area contributed by atoms with Crippen molar-refractivity contribution in [3.8, 4) is 11.5 Å². The maximum atomic E-state index is 14.4. The number of amides is 11. The summed E-state index contributed by atoms with van der Waals surface area (Å²) in [5.74, 6) is -14.8. The van der Waals surface area contributed by atoms with E-state index in [1.807, 2.05) is 24.3 Å². The second-order valence-corrected chi connectivity index (χ2v) is 25.8. The number of hydrogen-bond donors (Lipinski definition) is 20. The third-order valence-corrected chi connectivity index (χ3v) is 17.0. The molecule has 0 bridgehead atoms. The summed E-state index contributed by atoms with van der Waals surface area (Å²) in [7, 11) is 0. The van der Waals surface area contributed by atoms with Crippen LogP contribution in [0.5, 0.6) is 11.5 Å². The number of carbonyl (C=O) groups excluding carboxylic acids is 11. The molecule has 1 aliphatic heterocycles. The largest absolute Gasteiger partial charge is 0.508 e. The zero-order valence-electron chi connectivity index (χ0n) is 56.6. The number of phenolic OH excluding ortho intramolecular Hbond substituents is 2. The number of carboxylic acids is 2. The van der Waals surface area contributed by atoms with Crippen LogP contribution in [0.25, 0.3) is 10.9 Å². The van der Waals surface area contributed by atoms with Gasteiger partial charge in [-0.25, -0.2) is 4.79 Å². The van der Waals surface area contributed by atoms with E-state index < -0.39 is 176 Å². The highest BCUT2D eigenvalue weighted by atomic mass is 32.2. The number of likely N-dealkylation sites (tertiary alicyclic amines) is 1. The molecule has 36 heteroatoms. The number of nitrogens with zero attached hydrogens (tertiary/aromatic N) is 2. The Labute approximate surface area is 590 Å².